The van der Waals surface area contributed by atoms with E-state index in [1.54, 1.807) is 40.7 Å². The van der Waals surface area contributed by atoms with E-state index >= 15 is 0 Å². The quantitative estimate of drug-likeness (QED) is 0.432. The normalized spacial score (nSPS) is 17.1. The molecule has 0 N–H and O–H groups in total. The Bertz CT molecular complexity index is 1220. The van der Waals surface area contributed by atoms with Gasteiger partial charge < -0.3 is 4.90 Å². The Morgan fingerprint density at radius 2 is 1.81 bits per heavy atom. The van der Waals surface area contributed by atoms with Gasteiger partial charge in [0.2, 0.25) is 0 Å². The van der Waals surface area contributed by atoms with Gasteiger partial charge in [0.25, 0.3) is 5.91 Å². The summed E-state index contributed by atoms with van der Waals surface area (Å²) in [5.74, 6) is 1.13. The Kier molecular flexibility index (Phi) is 6.01. The van der Waals surface area contributed by atoms with Gasteiger partial charge >= 0.3 is 0 Å². The second-order valence-electron chi connectivity index (χ2n) is 7.90. The maximum Gasteiger partial charge on any atom is 0.274 e. The summed E-state index contributed by atoms with van der Waals surface area (Å²) in [4.78, 5) is 15.2. The first kappa shape index (κ1) is 21.6. The predicted molar refractivity (Wildman–Crippen MR) is 129 cm³/mol. The molecular weight excluding hydrogens is 468 g/mol. The van der Waals surface area contributed by atoms with Crippen molar-refractivity contribution >= 4 is 52.5 Å². The van der Waals surface area contributed by atoms with Crippen LogP contribution in [0, 0.1) is 5.82 Å². The molecule has 8 heteroatoms. The van der Waals surface area contributed by atoms with Crippen LogP contribution in [0.3, 0.4) is 0 Å². The van der Waals surface area contributed by atoms with Crippen molar-refractivity contribution in [2.24, 2.45) is 0 Å². The average Bonchev–Trinajstić information content (AvgIpc) is 3.44. The van der Waals surface area contributed by atoms with Crippen molar-refractivity contribution in [1.82, 2.24) is 14.7 Å². The molecule has 32 heavy (non-hydrogen) atoms. The Labute approximate surface area is 200 Å². The standard InChI is InChI=1S/C24H20Cl2FN3OS/c25-17-5-8-21(20(26)12-17)30-23-16(11-15-3-6-18(27)7-4-15)13-32-14-19(23)22(28-30)24(31)29-9-1-2-10-29/h3-8,11-12H,1-2,9-10,13-14H2. The van der Waals surface area contributed by atoms with Crippen LogP contribution in [-0.4, -0.2) is 39.4 Å². The zero-order valence-electron chi connectivity index (χ0n) is 17.2. The molecule has 1 amide bonds. The molecular formula is C24H20Cl2FN3OS. The molecule has 0 radical (unpaired) electrons. The molecule has 0 unspecified atom stereocenters. The summed E-state index contributed by atoms with van der Waals surface area (Å²) in [6, 6.07) is 11.6. The number of thioether (sulfide) groups is 1. The Morgan fingerprint density at radius 1 is 1.06 bits per heavy atom. The van der Waals surface area contributed by atoms with Crippen LogP contribution in [0.1, 0.15) is 40.2 Å². The van der Waals surface area contributed by atoms with Crippen molar-refractivity contribution in [2.45, 2.75) is 18.6 Å². The van der Waals surface area contributed by atoms with Crippen LogP contribution in [-0.2, 0) is 5.75 Å². The number of rotatable bonds is 3. The molecule has 3 heterocycles. The Hall–Kier alpha value is -2.28. The molecule has 0 bridgehead atoms. The molecule has 4 nitrogen and oxygen atoms in total. The fourth-order valence-corrected chi connectivity index (χ4v) is 5.70. The van der Waals surface area contributed by atoms with E-state index in [0.717, 1.165) is 54.1 Å². The van der Waals surface area contributed by atoms with Gasteiger partial charge in [0.05, 0.1) is 16.4 Å². The van der Waals surface area contributed by atoms with Crippen LogP contribution >= 0.6 is 35.0 Å². The SMILES string of the molecule is O=C(c1nn(-c2ccc(Cl)cc2Cl)c2c1CSCC2=Cc1ccc(F)cc1)N1CCCC1. The van der Waals surface area contributed by atoms with E-state index in [0.29, 0.717) is 27.2 Å². The molecule has 164 valence electrons. The van der Waals surface area contributed by atoms with E-state index in [9.17, 15) is 9.18 Å². The second kappa shape index (κ2) is 8.93. The van der Waals surface area contributed by atoms with Crippen molar-refractivity contribution in [2.75, 3.05) is 18.8 Å². The van der Waals surface area contributed by atoms with Crippen molar-refractivity contribution in [3.05, 3.63) is 80.8 Å². The van der Waals surface area contributed by atoms with Crippen LogP contribution in [0.2, 0.25) is 10.0 Å². The molecule has 5 rings (SSSR count). The lowest BCUT2D eigenvalue weighted by Gasteiger charge is -2.19. The van der Waals surface area contributed by atoms with Crippen molar-refractivity contribution in [1.29, 1.82) is 0 Å². The van der Waals surface area contributed by atoms with Gasteiger partial charge in [0.15, 0.2) is 5.69 Å². The van der Waals surface area contributed by atoms with Crippen molar-refractivity contribution in [3.8, 4) is 5.69 Å². The van der Waals surface area contributed by atoms with Gasteiger partial charge in [0, 0.05) is 35.2 Å². The molecule has 0 atom stereocenters. The summed E-state index contributed by atoms with van der Waals surface area (Å²) in [7, 11) is 0. The number of fused-ring (bicyclic) bond motifs is 1. The minimum absolute atomic E-state index is 0.0359. The molecule has 2 aliphatic heterocycles. The number of carbonyl (C=O) groups excluding carboxylic acids is 1. The molecule has 0 spiro atoms. The van der Waals surface area contributed by atoms with Gasteiger partial charge in [-0.1, -0.05) is 35.3 Å². The van der Waals surface area contributed by atoms with Crippen LogP contribution in [0.4, 0.5) is 4.39 Å². The van der Waals surface area contributed by atoms with Crippen LogP contribution in [0.5, 0.6) is 0 Å². The first-order valence-corrected chi connectivity index (χ1v) is 12.3. The fourth-order valence-electron chi connectivity index (χ4n) is 4.19. The highest BCUT2D eigenvalue weighted by molar-refractivity contribution is 7.99. The average molecular weight is 488 g/mol. The van der Waals surface area contributed by atoms with E-state index in [4.69, 9.17) is 28.3 Å². The number of hydrogen-bond donors (Lipinski definition) is 0. The summed E-state index contributed by atoms with van der Waals surface area (Å²) < 4.78 is 15.2. The van der Waals surface area contributed by atoms with Gasteiger partial charge in [0.1, 0.15) is 5.82 Å². The number of aromatic nitrogens is 2. The zero-order valence-corrected chi connectivity index (χ0v) is 19.5. The Morgan fingerprint density at radius 3 is 2.53 bits per heavy atom. The molecule has 2 aromatic carbocycles. The van der Waals surface area contributed by atoms with Gasteiger partial charge in [-0.2, -0.15) is 16.9 Å². The molecule has 2 aliphatic rings. The minimum atomic E-state index is -0.276. The van der Waals surface area contributed by atoms with E-state index in [1.165, 1.54) is 12.1 Å². The van der Waals surface area contributed by atoms with E-state index < -0.39 is 0 Å². The number of amides is 1. The van der Waals surface area contributed by atoms with Crippen LogP contribution in [0.15, 0.2) is 42.5 Å². The van der Waals surface area contributed by atoms with Gasteiger partial charge in [-0.15, -0.1) is 0 Å². The molecule has 0 saturated carbocycles. The number of halogens is 3. The fraction of sp³-hybridized carbons (Fsp3) is 0.250. The maximum absolute atomic E-state index is 13.4. The highest BCUT2D eigenvalue weighted by Crippen LogP contribution is 2.39. The lowest BCUT2D eigenvalue weighted by molar-refractivity contribution is 0.0785. The van der Waals surface area contributed by atoms with Gasteiger partial charge in [-0.3, -0.25) is 4.79 Å². The number of carbonyl (C=O) groups is 1. The highest BCUT2D eigenvalue weighted by atomic mass is 35.5. The maximum atomic E-state index is 13.4. The molecule has 1 aromatic heterocycles. The highest BCUT2D eigenvalue weighted by Gasteiger charge is 2.32. The summed E-state index contributed by atoms with van der Waals surface area (Å²) in [6.45, 7) is 1.52. The first-order chi connectivity index (χ1) is 15.5. The largest absolute Gasteiger partial charge is 0.337 e. The van der Waals surface area contributed by atoms with Crippen LogP contribution in [0.25, 0.3) is 17.3 Å². The minimum Gasteiger partial charge on any atom is -0.337 e. The third-order valence-corrected chi connectivity index (χ3v) is 7.28. The van der Waals surface area contributed by atoms with Crippen molar-refractivity contribution in [3.63, 3.8) is 0 Å². The lowest BCUT2D eigenvalue weighted by atomic mass is 10.0. The number of benzene rings is 2. The van der Waals surface area contributed by atoms with E-state index in [-0.39, 0.29) is 11.7 Å². The van der Waals surface area contributed by atoms with Crippen LogP contribution < -0.4 is 0 Å². The summed E-state index contributed by atoms with van der Waals surface area (Å²) in [6.07, 6.45) is 4.06. The van der Waals surface area contributed by atoms with Gasteiger partial charge in [-0.05, 0) is 60.4 Å². The smallest absolute Gasteiger partial charge is 0.274 e. The molecule has 0 aliphatic carbocycles. The number of likely N-dealkylation sites (tertiary alicyclic amines) is 1. The molecule has 1 fully saturated rings. The third-order valence-electron chi connectivity index (χ3n) is 5.74. The predicted octanol–water partition coefficient (Wildman–Crippen LogP) is 6.34. The van der Waals surface area contributed by atoms with E-state index in [1.807, 2.05) is 17.0 Å². The summed E-state index contributed by atoms with van der Waals surface area (Å²) >= 11 is 14.4. The molecule has 3 aromatic rings. The second-order valence-corrected chi connectivity index (χ2v) is 9.73. The lowest BCUT2D eigenvalue weighted by Crippen LogP contribution is -2.29. The number of nitrogens with zero attached hydrogens (tertiary/aromatic N) is 3. The summed E-state index contributed by atoms with van der Waals surface area (Å²) in [5, 5.41) is 5.78. The van der Waals surface area contributed by atoms with Crippen molar-refractivity contribution < 1.29 is 9.18 Å². The third kappa shape index (κ3) is 4.07. The Balaban J connectivity index is 1.69. The monoisotopic (exact) mass is 487 g/mol. The van der Waals surface area contributed by atoms with E-state index in [2.05, 4.69) is 0 Å². The topological polar surface area (TPSA) is 38.1 Å². The molecule has 1 saturated heterocycles. The van der Waals surface area contributed by atoms with Gasteiger partial charge in [-0.25, -0.2) is 9.07 Å². The zero-order chi connectivity index (χ0) is 22.2. The number of hydrogen-bond acceptors (Lipinski definition) is 3. The first-order valence-electron chi connectivity index (χ1n) is 10.4. The summed E-state index contributed by atoms with van der Waals surface area (Å²) in [5.41, 5.74) is 4.84.